The van der Waals surface area contributed by atoms with Gasteiger partial charge in [-0.05, 0) is 51.2 Å². The molecule has 0 atom stereocenters. The number of aryl methyl sites for hydroxylation is 1. The van der Waals surface area contributed by atoms with Gasteiger partial charge in [0.1, 0.15) is 5.82 Å². The Hall–Kier alpha value is -2.50. The van der Waals surface area contributed by atoms with Crippen LogP contribution in [-0.2, 0) is 22.4 Å². The quantitative estimate of drug-likeness (QED) is 0.788. The van der Waals surface area contributed by atoms with Crippen molar-refractivity contribution in [2.75, 3.05) is 18.5 Å². The summed E-state index contributed by atoms with van der Waals surface area (Å²) in [6.45, 7) is 2.87. The van der Waals surface area contributed by atoms with Crippen molar-refractivity contribution in [2.45, 2.75) is 51.9 Å². The van der Waals surface area contributed by atoms with Crippen molar-refractivity contribution in [3.8, 4) is 11.4 Å². The SMILES string of the molecule is CCOC(=O)C1(CNc2nc(-c3ccncc3)nc3c2CCC3)CCCC1. The minimum atomic E-state index is -0.427. The third-order valence-corrected chi connectivity index (χ3v) is 5.73. The van der Waals surface area contributed by atoms with Gasteiger partial charge in [-0.1, -0.05) is 12.8 Å². The molecule has 2 aromatic heterocycles. The van der Waals surface area contributed by atoms with Crippen LogP contribution < -0.4 is 5.32 Å². The minimum Gasteiger partial charge on any atom is -0.466 e. The summed E-state index contributed by atoms with van der Waals surface area (Å²) >= 11 is 0. The van der Waals surface area contributed by atoms with Crippen molar-refractivity contribution in [1.82, 2.24) is 15.0 Å². The van der Waals surface area contributed by atoms with Gasteiger partial charge in [0.25, 0.3) is 0 Å². The van der Waals surface area contributed by atoms with Crippen molar-refractivity contribution in [3.63, 3.8) is 0 Å². The molecule has 2 aromatic rings. The predicted molar refractivity (Wildman–Crippen MR) is 103 cm³/mol. The Balaban J connectivity index is 1.61. The van der Waals surface area contributed by atoms with Crippen LogP contribution in [0.25, 0.3) is 11.4 Å². The second kappa shape index (κ2) is 7.62. The van der Waals surface area contributed by atoms with Crippen molar-refractivity contribution in [1.29, 1.82) is 0 Å². The van der Waals surface area contributed by atoms with Crippen LogP contribution in [0.3, 0.4) is 0 Å². The number of hydrogen-bond acceptors (Lipinski definition) is 6. The van der Waals surface area contributed by atoms with E-state index in [0.717, 1.165) is 67.8 Å². The predicted octanol–water partition coefficient (Wildman–Crippen LogP) is 3.56. The number of nitrogens with one attached hydrogen (secondary N) is 1. The molecule has 2 aliphatic carbocycles. The third kappa shape index (κ3) is 3.53. The van der Waals surface area contributed by atoms with Gasteiger partial charge in [-0.25, -0.2) is 9.97 Å². The number of anilines is 1. The number of fused-ring (bicyclic) bond motifs is 1. The van der Waals surface area contributed by atoms with E-state index in [1.54, 1.807) is 12.4 Å². The molecular weight excluding hydrogens is 340 g/mol. The van der Waals surface area contributed by atoms with Gasteiger partial charge in [0.15, 0.2) is 5.82 Å². The topological polar surface area (TPSA) is 77.0 Å². The van der Waals surface area contributed by atoms with Crippen LogP contribution in [0.15, 0.2) is 24.5 Å². The third-order valence-electron chi connectivity index (χ3n) is 5.73. The normalized spacial score (nSPS) is 17.5. The summed E-state index contributed by atoms with van der Waals surface area (Å²) in [6, 6.07) is 3.86. The maximum atomic E-state index is 12.6. The molecule has 2 aliphatic rings. The summed E-state index contributed by atoms with van der Waals surface area (Å²) < 4.78 is 5.38. The molecule has 0 saturated heterocycles. The summed E-state index contributed by atoms with van der Waals surface area (Å²) in [4.78, 5) is 26.3. The first kappa shape index (κ1) is 17.9. The molecule has 0 bridgehead atoms. The van der Waals surface area contributed by atoms with E-state index in [9.17, 15) is 4.79 Å². The van der Waals surface area contributed by atoms with Gasteiger partial charge in [0.2, 0.25) is 0 Å². The van der Waals surface area contributed by atoms with Gasteiger partial charge in [-0.15, -0.1) is 0 Å². The van der Waals surface area contributed by atoms with Crippen molar-refractivity contribution in [2.24, 2.45) is 5.41 Å². The van der Waals surface area contributed by atoms with E-state index in [1.807, 2.05) is 19.1 Å². The molecule has 0 radical (unpaired) electrons. The Kier molecular flexibility index (Phi) is 5.05. The lowest BCUT2D eigenvalue weighted by molar-refractivity contribution is -0.154. The molecule has 0 spiro atoms. The maximum Gasteiger partial charge on any atom is 0.313 e. The number of ether oxygens (including phenoxy) is 1. The molecule has 4 rings (SSSR count). The van der Waals surface area contributed by atoms with E-state index in [1.165, 1.54) is 5.56 Å². The van der Waals surface area contributed by atoms with Crippen LogP contribution in [0.2, 0.25) is 0 Å². The highest BCUT2D eigenvalue weighted by Crippen LogP contribution is 2.40. The molecule has 1 saturated carbocycles. The largest absolute Gasteiger partial charge is 0.466 e. The number of nitrogens with zero attached hydrogens (tertiary/aromatic N) is 3. The lowest BCUT2D eigenvalue weighted by atomic mass is 9.86. The number of aromatic nitrogens is 3. The molecule has 0 aromatic carbocycles. The Morgan fingerprint density at radius 3 is 2.67 bits per heavy atom. The summed E-state index contributed by atoms with van der Waals surface area (Å²) in [5, 5.41) is 3.51. The van der Waals surface area contributed by atoms with Gasteiger partial charge < -0.3 is 10.1 Å². The molecule has 142 valence electrons. The van der Waals surface area contributed by atoms with Gasteiger partial charge in [-0.2, -0.15) is 0 Å². The lowest BCUT2D eigenvalue weighted by Gasteiger charge is -2.27. The average molecular weight is 366 g/mol. The molecule has 1 N–H and O–H groups in total. The Morgan fingerprint density at radius 1 is 1.15 bits per heavy atom. The van der Waals surface area contributed by atoms with E-state index in [0.29, 0.717) is 13.2 Å². The zero-order valence-corrected chi connectivity index (χ0v) is 15.8. The second-order valence-electron chi connectivity index (χ2n) is 7.47. The van der Waals surface area contributed by atoms with Crippen LogP contribution in [0.4, 0.5) is 5.82 Å². The smallest absolute Gasteiger partial charge is 0.313 e. The molecule has 1 fully saturated rings. The van der Waals surface area contributed by atoms with Crippen LogP contribution in [0, 0.1) is 5.41 Å². The van der Waals surface area contributed by atoms with Gasteiger partial charge in [0.05, 0.1) is 12.0 Å². The lowest BCUT2D eigenvalue weighted by Crippen LogP contribution is -2.37. The van der Waals surface area contributed by atoms with Gasteiger partial charge in [0, 0.05) is 35.8 Å². The van der Waals surface area contributed by atoms with E-state index in [-0.39, 0.29) is 5.97 Å². The van der Waals surface area contributed by atoms with Gasteiger partial charge >= 0.3 is 5.97 Å². The number of hydrogen-bond donors (Lipinski definition) is 1. The number of rotatable bonds is 6. The first-order valence-corrected chi connectivity index (χ1v) is 9.93. The number of carbonyl (C=O) groups is 1. The monoisotopic (exact) mass is 366 g/mol. The molecule has 0 amide bonds. The van der Waals surface area contributed by atoms with Crippen molar-refractivity contribution >= 4 is 11.8 Å². The molecule has 6 nitrogen and oxygen atoms in total. The summed E-state index contributed by atoms with van der Waals surface area (Å²) in [7, 11) is 0. The second-order valence-corrected chi connectivity index (χ2v) is 7.47. The van der Waals surface area contributed by atoms with Crippen LogP contribution >= 0.6 is 0 Å². The Morgan fingerprint density at radius 2 is 1.93 bits per heavy atom. The zero-order chi connectivity index (χ0) is 18.7. The Bertz CT molecular complexity index is 816. The van der Waals surface area contributed by atoms with E-state index >= 15 is 0 Å². The molecule has 0 aliphatic heterocycles. The average Bonchev–Trinajstić information content (AvgIpc) is 3.37. The van der Waals surface area contributed by atoms with Crippen LogP contribution in [0.1, 0.15) is 50.3 Å². The van der Waals surface area contributed by atoms with Gasteiger partial charge in [-0.3, -0.25) is 9.78 Å². The highest BCUT2D eigenvalue weighted by molar-refractivity contribution is 5.78. The highest BCUT2D eigenvalue weighted by Gasteiger charge is 2.42. The minimum absolute atomic E-state index is 0.0740. The number of pyridine rings is 1. The van der Waals surface area contributed by atoms with E-state index in [2.05, 4.69) is 10.3 Å². The highest BCUT2D eigenvalue weighted by atomic mass is 16.5. The molecule has 6 heteroatoms. The Labute approximate surface area is 159 Å². The van der Waals surface area contributed by atoms with E-state index in [4.69, 9.17) is 14.7 Å². The molecule has 27 heavy (non-hydrogen) atoms. The summed E-state index contributed by atoms with van der Waals surface area (Å²) in [6.07, 6.45) is 10.5. The first-order chi connectivity index (χ1) is 13.2. The standard InChI is InChI=1S/C21H26N4O2/c1-2-27-20(26)21(10-3-4-11-21)14-23-19-16-6-5-7-17(16)24-18(25-19)15-8-12-22-13-9-15/h8-9,12-13H,2-7,10-11,14H2,1H3,(H,23,24,25). The summed E-state index contributed by atoms with van der Waals surface area (Å²) in [5.74, 6) is 1.52. The van der Waals surface area contributed by atoms with Crippen LogP contribution in [0.5, 0.6) is 0 Å². The maximum absolute atomic E-state index is 12.6. The fourth-order valence-electron chi connectivity index (χ4n) is 4.25. The number of carbonyl (C=O) groups excluding carboxylic acids is 1. The summed E-state index contributed by atoms with van der Waals surface area (Å²) in [5.41, 5.74) is 2.85. The molecule has 2 heterocycles. The zero-order valence-electron chi connectivity index (χ0n) is 15.8. The van der Waals surface area contributed by atoms with E-state index < -0.39 is 5.41 Å². The fraction of sp³-hybridized carbons (Fsp3) is 0.524. The molecular formula is C21H26N4O2. The first-order valence-electron chi connectivity index (χ1n) is 9.93. The molecule has 0 unspecified atom stereocenters. The fourth-order valence-corrected chi connectivity index (χ4v) is 4.25. The van der Waals surface area contributed by atoms with Crippen LogP contribution in [-0.4, -0.2) is 34.1 Å². The number of esters is 1. The van der Waals surface area contributed by atoms with Crippen molar-refractivity contribution < 1.29 is 9.53 Å². The van der Waals surface area contributed by atoms with Crippen molar-refractivity contribution in [3.05, 3.63) is 35.8 Å².